The Kier molecular flexibility index (Phi) is 10.7. The van der Waals surface area contributed by atoms with E-state index in [4.69, 9.17) is 9.47 Å². The van der Waals surface area contributed by atoms with Crippen molar-refractivity contribution < 1.29 is 50.5 Å². The van der Waals surface area contributed by atoms with Crippen molar-refractivity contribution in [1.29, 1.82) is 0 Å². The molecule has 2 heterocycles. The summed E-state index contributed by atoms with van der Waals surface area (Å²) < 4.78 is 95.8. The molecule has 4 rings (SSSR count). The van der Waals surface area contributed by atoms with Gasteiger partial charge in [-0.1, -0.05) is 6.92 Å². The van der Waals surface area contributed by atoms with E-state index in [-0.39, 0.29) is 43.8 Å². The zero-order valence-electron chi connectivity index (χ0n) is 25.3. The fourth-order valence-electron chi connectivity index (χ4n) is 5.99. The van der Waals surface area contributed by atoms with Gasteiger partial charge in [-0.15, -0.1) is 0 Å². The number of rotatable bonds is 10. The second kappa shape index (κ2) is 13.9. The van der Waals surface area contributed by atoms with Gasteiger partial charge in [0.15, 0.2) is 11.6 Å². The molecule has 1 saturated carbocycles. The van der Waals surface area contributed by atoms with Gasteiger partial charge in [-0.3, -0.25) is 9.69 Å². The van der Waals surface area contributed by atoms with Crippen molar-refractivity contribution in [2.45, 2.75) is 77.1 Å². The van der Waals surface area contributed by atoms with E-state index >= 15 is 4.39 Å². The fourth-order valence-corrected chi connectivity index (χ4v) is 5.99. The third-order valence-corrected chi connectivity index (χ3v) is 8.29. The number of amides is 1. The Morgan fingerprint density at radius 3 is 2.47 bits per heavy atom. The zero-order valence-corrected chi connectivity index (χ0v) is 25.3. The Morgan fingerprint density at radius 2 is 1.87 bits per heavy atom. The average Bonchev–Trinajstić information content (AvgIpc) is 2.94. The van der Waals surface area contributed by atoms with E-state index in [2.05, 4.69) is 11.9 Å². The molecule has 0 spiro atoms. The number of piperidine rings is 1. The lowest BCUT2D eigenvalue weighted by Gasteiger charge is -2.35. The Labute approximate surface area is 257 Å². The van der Waals surface area contributed by atoms with Crippen LogP contribution in [0.4, 0.5) is 32.0 Å². The number of nitrogens with zero attached hydrogens (tertiary/aromatic N) is 3. The number of likely N-dealkylation sites (tertiary alicyclic amines) is 1. The number of carboxylic acid groups (broad SMARTS) is 1. The number of aromatic carboxylic acids is 1. The Balaban J connectivity index is 1.68. The molecule has 0 unspecified atom stereocenters. The molecule has 1 amide bonds. The fraction of sp³-hybridized carbons (Fsp3) is 0.581. The van der Waals surface area contributed by atoms with Crippen LogP contribution < -0.4 is 9.64 Å². The van der Waals surface area contributed by atoms with E-state index in [1.54, 1.807) is 6.92 Å². The van der Waals surface area contributed by atoms with Gasteiger partial charge in [-0.25, -0.2) is 22.9 Å². The van der Waals surface area contributed by atoms with Gasteiger partial charge in [0.1, 0.15) is 5.56 Å². The van der Waals surface area contributed by atoms with Gasteiger partial charge in [0.2, 0.25) is 11.8 Å². The van der Waals surface area contributed by atoms with Crippen molar-refractivity contribution in [1.82, 2.24) is 9.88 Å². The first-order chi connectivity index (χ1) is 21.1. The van der Waals surface area contributed by atoms with Crippen LogP contribution in [0.15, 0.2) is 24.4 Å². The number of carbonyl (C=O) groups is 2. The molecule has 2 aliphatic rings. The number of methoxy groups -OCH3 is 1. The lowest BCUT2D eigenvalue weighted by molar-refractivity contribution is -0.139. The van der Waals surface area contributed by atoms with E-state index in [0.29, 0.717) is 24.8 Å². The number of benzene rings is 1. The first-order valence-corrected chi connectivity index (χ1v) is 14.8. The molecule has 1 aliphatic carbocycles. The van der Waals surface area contributed by atoms with Crippen molar-refractivity contribution in [3.8, 4) is 11.6 Å². The van der Waals surface area contributed by atoms with Gasteiger partial charge in [0, 0.05) is 44.3 Å². The highest BCUT2D eigenvalue weighted by atomic mass is 19.4. The molecule has 14 heteroatoms. The molecule has 0 bridgehead atoms. The second-order valence-electron chi connectivity index (χ2n) is 12.0. The van der Waals surface area contributed by atoms with Crippen LogP contribution in [0.5, 0.6) is 11.6 Å². The van der Waals surface area contributed by atoms with Crippen molar-refractivity contribution in [2.24, 2.45) is 11.8 Å². The third-order valence-electron chi connectivity index (χ3n) is 8.29. The van der Waals surface area contributed by atoms with Crippen molar-refractivity contribution in [2.75, 3.05) is 31.7 Å². The summed E-state index contributed by atoms with van der Waals surface area (Å²) in [7, 11) is 1.40. The number of pyridine rings is 1. The first kappa shape index (κ1) is 34.5. The monoisotopic (exact) mass is 645 g/mol. The van der Waals surface area contributed by atoms with Crippen LogP contribution in [0.1, 0.15) is 73.9 Å². The maximum absolute atomic E-state index is 15.6. The number of halogens is 6. The van der Waals surface area contributed by atoms with E-state index in [1.165, 1.54) is 16.9 Å². The van der Waals surface area contributed by atoms with Crippen LogP contribution in [0.25, 0.3) is 0 Å². The molecule has 8 nitrogen and oxygen atoms in total. The van der Waals surface area contributed by atoms with E-state index in [1.807, 2.05) is 0 Å². The molecule has 248 valence electrons. The number of hydrogen-bond acceptors (Lipinski definition) is 6. The van der Waals surface area contributed by atoms with Crippen LogP contribution in [0.2, 0.25) is 0 Å². The van der Waals surface area contributed by atoms with Crippen LogP contribution in [0, 0.1) is 17.7 Å². The molecule has 1 N–H and O–H groups in total. The highest BCUT2D eigenvalue weighted by Crippen LogP contribution is 2.40. The van der Waals surface area contributed by atoms with Gasteiger partial charge >= 0.3 is 12.1 Å². The quantitative estimate of drug-likeness (QED) is 0.274. The van der Waals surface area contributed by atoms with Crippen molar-refractivity contribution in [3.05, 3.63) is 46.9 Å². The summed E-state index contributed by atoms with van der Waals surface area (Å²) in [4.78, 5) is 32.3. The van der Waals surface area contributed by atoms with Gasteiger partial charge in [-0.2, -0.15) is 13.2 Å². The van der Waals surface area contributed by atoms with Crippen LogP contribution in [-0.4, -0.2) is 65.6 Å². The van der Waals surface area contributed by atoms with Crippen LogP contribution >= 0.6 is 0 Å². The summed E-state index contributed by atoms with van der Waals surface area (Å²) >= 11 is 0. The lowest BCUT2D eigenvalue weighted by atomic mass is 9.82. The van der Waals surface area contributed by atoms with Gasteiger partial charge in [0.25, 0.3) is 5.92 Å². The molecule has 1 aromatic heterocycles. The van der Waals surface area contributed by atoms with E-state index in [9.17, 15) is 36.6 Å². The number of carbonyl (C=O) groups excluding carboxylic acids is 1. The van der Waals surface area contributed by atoms with Crippen molar-refractivity contribution >= 4 is 17.6 Å². The topological polar surface area (TPSA) is 92.2 Å². The molecule has 0 radical (unpaired) electrons. The third kappa shape index (κ3) is 8.46. The molecule has 2 fully saturated rings. The number of hydrogen-bond donors (Lipinski definition) is 1. The average molecular weight is 646 g/mol. The summed E-state index contributed by atoms with van der Waals surface area (Å²) in [5.41, 5.74) is -2.24. The number of alkyl halides is 5. The van der Waals surface area contributed by atoms with Gasteiger partial charge in [-0.05, 0) is 63.1 Å². The molecular formula is C31H37F6N3O5. The SMILES string of the molecule is COC[C@H](C)N(c1cc(F)c(Oc2ncc(CN3CCCC(F)(F)C3)cc2C(F)(F)F)cc1C(=O)O)C(=O)[C@H]1CC[C@H](C)CC1. The zero-order chi connectivity index (χ0) is 33.1. The van der Waals surface area contributed by atoms with Gasteiger partial charge < -0.3 is 19.5 Å². The van der Waals surface area contributed by atoms with Crippen LogP contribution in [0.3, 0.4) is 0 Å². The number of anilines is 1. The molecular weight excluding hydrogens is 608 g/mol. The largest absolute Gasteiger partial charge is 0.478 e. The molecule has 1 saturated heterocycles. The molecule has 1 aliphatic heterocycles. The standard InChI is InChI=1S/C31H37F6N3O5/c1-18-5-7-21(8-6-18)28(41)40(19(2)16-44-3)25-13-24(32)26(12-22(25)29(42)43)45-27-23(31(35,36)37)11-20(14-38-27)15-39-10-4-9-30(33,34)17-39/h11-14,18-19,21H,4-10,15-17H2,1-3H3,(H,42,43)/t18-,19-,21-/m0/s1. The second-order valence-corrected chi connectivity index (χ2v) is 12.0. The van der Waals surface area contributed by atoms with E-state index in [0.717, 1.165) is 31.2 Å². The molecule has 1 atom stereocenters. The van der Waals surface area contributed by atoms with Gasteiger partial charge in [0.05, 0.1) is 30.4 Å². The van der Waals surface area contributed by atoms with Crippen LogP contribution in [-0.2, 0) is 22.3 Å². The predicted octanol–water partition coefficient (Wildman–Crippen LogP) is 7.16. The summed E-state index contributed by atoms with van der Waals surface area (Å²) in [5.74, 6) is -8.02. The van der Waals surface area contributed by atoms with Crippen molar-refractivity contribution in [3.63, 3.8) is 0 Å². The van der Waals surface area contributed by atoms with E-state index < -0.39 is 71.1 Å². The summed E-state index contributed by atoms with van der Waals surface area (Å²) in [6.45, 7) is 3.14. The minimum Gasteiger partial charge on any atom is -0.478 e. The Hall–Kier alpha value is -3.39. The summed E-state index contributed by atoms with van der Waals surface area (Å²) in [6.07, 6.45) is -1.38. The molecule has 1 aromatic carbocycles. The maximum atomic E-state index is 15.6. The number of carboxylic acids is 1. The minimum atomic E-state index is -5.02. The summed E-state index contributed by atoms with van der Waals surface area (Å²) in [6, 6.07) is 1.47. The summed E-state index contributed by atoms with van der Waals surface area (Å²) in [5, 5.41) is 10.0. The predicted molar refractivity (Wildman–Crippen MR) is 152 cm³/mol. The first-order valence-electron chi connectivity index (χ1n) is 14.8. The smallest absolute Gasteiger partial charge is 0.421 e. The lowest BCUT2D eigenvalue weighted by Crippen LogP contribution is -2.46. The Morgan fingerprint density at radius 1 is 1.18 bits per heavy atom. The normalized spacial score (nSPS) is 21.3. The highest BCUT2D eigenvalue weighted by Gasteiger charge is 2.39. The minimum absolute atomic E-state index is 0.00666. The maximum Gasteiger partial charge on any atom is 0.421 e. The number of ether oxygens (including phenoxy) is 2. The highest BCUT2D eigenvalue weighted by molar-refractivity contribution is 6.03. The Bertz CT molecular complexity index is 1380. The molecule has 2 aromatic rings. The number of aromatic nitrogens is 1. The molecule has 45 heavy (non-hydrogen) atoms.